The monoisotopic (exact) mass is 434 g/mol. The molecule has 3 aromatic rings. The van der Waals surface area contributed by atoms with Crippen LogP contribution < -0.4 is 19.5 Å². The normalized spacial score (nSPS) is 17.7. The third kappa shape index (κ3) is 3.53. The quantitative estimate of drug-likeness (QED) is 0.620. The molecule has 1 aromatic heterocycles. The summed E-state index contributed by atoms with van der Waals surface area (Å²) >= 11 is 0. The molecular formula is C25H26N2O5. The van der Waals surface area contributed by atoms with E-state index in [4.69, 9.17) is 14.2 Å². The fourth-order valence-corrected chi connectivity index (χ4v) is 4.49. The van der Waals surface area contributed by atoms with Crippen LogP contribution in [0.2, 0.25) is 0 Å². The molecule has 32 heavy (non-hydrogen) atoms. The number of nitrogens with zero attached hydrogens (tertiary/aromatic N) is 1. The van der Waals surface area contributed by atoms with Crippen molar-refractivity contribution in [2.75, 3.05) is 33.4 Å². The molecule has 0 radical (unpaired) electrons. The lowest BCUT2D eigenvalue weighted by Gasteiger charge is -2.26. The fraction of sp³-hybridized carbons (Fsp3) is 0.320. The Kier molecular flexibility index (Phi) is 5.36. The zero-order valence-corrected chi connectivity index (χ0v) is 18.3. The minimum Gasteiger partial charge on any atom is -0.872 e. The van der Waals surface area contributed by atoms with E-state index in [0.717, 1.165) is 41.9 Å². The van der Waals surface area contributed by atoms with Crippen LogP contribution in [0.5, 0.6) is 17.2 Å². The van der Waals surface area contributed by atoms with Crippen molar-refractivity contribution in [1.29, 1.82) is 0 Å². The van der Waals surface area contributed by atoms with Crippen LogP contribution in [0, 0.1) is 0 Å². The van der Waals surface area contributed by atoms with Gasteiger partial charge in [0.15, 0.2) is 5.76 Å². The predicted octanol–water partition coefficient (Wildman–Crippen LogP) is 1.77. The molecule has 0 aliphatic carbocycles. The van der Waals surface area contributed by atoms with E-state index in [0.29, 0.717) is 36.6 Å². The molecule has 0 atom stereocenters. The number of carbonyl (C=O) groups is 1. The second-order valence-corrected chi connectivity index (χ2v) is 8.15. The summed E-state index contributed by atoms with van der Waals surface area (Å²) in [5, 5.41) is 13.6. The van der Waals surface area contributed by atoms with Crippen molar-refractivity contribution in [2.24, 2.45) is 0 Å². The van der Waals surface area contributed by atoms with Crippen LogP contribution in [0.1, 0.15) is 28.4 Å². The van der Waals surface area contributed by atoms with E-state index in [2.05, 4.69) is 11.5 Å². The number of rotatable bonds is 5. The van der Waals surface area contributed by atoms with E-state index >= 15 is 0 Å². The van der Waals surface area contributed by atoms with Crippen molar-refractivity contribution in [1.82, 2.24) is 4.57 Å². The first-order valence-electron chi connectivity index (χ1n) is 10.9. The number of aryl methyl sites for hydroxylation is 1. The van der Waals surface area contributed by atoms with E-state index in [1.54, 1.807) is 19.3 Å². The summed E-state index contributed by atoms with van der Waals surface area (Å²) in [4.78, 5) is 14.4. The smallest absolute Gasteiger partial charge is 0.231 e. The Labute approximate surface area is 186 Å². The molecule has 1 fully saturated rings. The highest BCUT2D eigenvalue weighted by Gasteiger charge is 2.31. The van der Waals surface area contributed by atoms with E-state index in [1.165, 1.54) is 11.0 Å². The first kappa shape index (κ1) is 20.6. The molecule has 2 aliphatic heterocycles. The number of Topliss-reactive ketones (excluding diaryl/α,β-unsaturated/α-hetero) is 1. The number of benzene rings is 2. The molecular weight excluding hydrogens is 408 g/mol. The van der Waals surface area contributed by atoms with Crippen molar-refractivity contribution in [3.05, 3.63) is 59.0 Å². The molecule has 7 heteroatoms. The highest BCUT2D eigenvalue weighted by molar-refractivity contribution is 6.15. The van der Waals surface area contributed by atoms with Crippen LogP contribution in [0.3, 0.4) is 0 Å². The second-order valence-electron chi connectivity index (χ2n) is 8.15. The van der Waals surface area contributed by atoms with Crippen molar-refractivity contribution in [3.8, 4) is 17.2 Å². The zero-order valence-electron chi connectivity index (χ0n) is 18.3. The third-order valence-electron chi connectivity index (χ3n) is 6.27. The fourth-order valence-electron chi connectivity index (χ4n) is 4.49. The average molecular weight is 434 g/mol. The molecule has 0 amide bonds. The molecule has 7 nitrogen and oxygen atoms in total. The van der Waals surface area contributed by atoms with Crippen molar-refractivity contribution < 1.29 is 29.0 Å². The Hall–Kier alpha value is -3.29. The molecule has 2 aliphatic rings. The molecule has 0 bridgehead atoms. The van der Waals surface area contributed by atoms with Gasteiger partial charge in [-0.15, -0.1) is 0 Å². The minimum atomic E-state index is -0.196. The lowest BCUT2D eigenvalue weighted by molar-refractivity contribution is -0.921. The Bertz CT molecular complexity index is 1220. The molecule has 2 aromatic carbocycles. The lowest BCUT2D eigenvalue weighted by Crippen LogP contribution is -3.12. The van der Waals surface area contributed by atoms with Gasteiger partial charge in [0, 0.05) is 34.8 Å². The molecule has 166 valence electrons. The van der Waals surface area contributed by atoms with Gasteiger partial charge in [-0.3, -0.25) is 4.79 Å². The number of methoxy groups -OCH3 is 1. The van der Waals surface area contributed by atoms with E-state index in [-0.39, 0.29) is 17.3 Å². The largest absolute Gasteiger partial charge is 0.872 e. The number of hydrogen-bond acceptors (Lipinski definition) is 5. The minimum absolute atomic E-state index is 0.0934. The highest BCUT2D eigenvalue weighted by Crippen LogP contribution is 2.39. The maximum atomic E-state index is 13.1. The van der Waals surface area contributed by atoms with Gasteiger partial charge in [-0.25, -0.2) is 0 Å². The molecule has 0 saturated carbocycles. The summed E-state index contributed by atoms with van der Waals surface area (Å²) in [5.41, 5.74) is 2.95. The first-order valence-corrected chi connectivity index (χ1v) is 10.9. The zero-order chi connectivity index (χ0) is 22.2. The summed E-state index contributed by atoms with van der Waals surface area (Å²) in [6.45, 7) is 6.41. The Balaban J connectivity index is 1.53. The molecule has 3 heterocycles. The number of morpholine rings is 1. The second kappa shape index (κ2) is 8.33. The number of fused-ring (bicyclic) bond motifs is 2. The lowest BCUT2D eigenvalue weighted by atomic mass is 10.0. The number of carbonyl (C=O) groups excluding carboxylic acids is 1. The highest BCUT2D eigenvalue weighted by atomic mass is 16.5. The number of ether oxygens (including phenoxy) is 3. The molecule has 1 saturated heterocycles. The van der Waals surface area contributed by atoms with E-state index in [9.17, 15) is 9.90 Å². The SMILES string of the molecule is CCn1cc(C=C2Oc3c(ccc([O-])c3C[NH+]3CCOCC3)C2=O)c2cc(OC)ccc21. The number of aromatic nitrogens is 1. The number of hydrogen-bond donors (Lipinski definition) is 1. The van der Waals surface area contributed by atoms with Crippen molar-refractivity contribution >= 4 is 22.8 Å². The van der Waals surface area contributed by atoms with Crippen LogP contribution in [-0.4, -0.2) is 43.8 Å². The average Bonchev–Trinajstić information content (AvgIpc) is 3.33. The summed E-state index contributed by atoms with van der Waals surface area (Å²) in [7, 11) is 1.63. The van der Waals surface area contributed by atoms with Crippen LogP contribution in [-0.2, 0) is 17.8 Å². The van der Waals surface area contributed by atoms with Crippen molar-refractivity contribution in [2.45, 2.75) is 20.0 Å². The van der Waals surface area contributed by atoms with Gasteiger partial charge in [0.2, 0.25) is 5.78 Å². The number of nitrogens with one attached hydrogen (secondary N) is 1. The Morgan fingerprint density at radius 1 is 1.22 bits per heavy atom. The van der Waals surface area contributed by atoms with Gasteiger partial charge in [-0.05, 0) is 37.3 Å². The summed E-state index contributed by atoms with van der Waals surface area (Å²) in [5.74, 6) is 1.11. The van der Waals surface area contributed by atoms with Crippen LogP contribution in [0.25, 0.3) is 17.0 Å². The van der Waals surface area contributed by atoms with Gasteiger partial charge >= 0.3 is 0 Å². The van der Waals surface area contributed by atoms with Gasteiger partial charge in [-0.1, -0.05) is 11.8 Å². The van der Waals surface area contributed by atoms with Crippen LogP contribution >= 0.6 is 0 Å². The molecule has 0 spiro atoms. The molecule has 5 rings (SSSR count). The van der Waals surface area contributed by atoms with Crippen molar-refractivity contribution in [3.63, 3.8) is 0 Å². The van der Waals surface area contributed by atoms with Gasteiger partial charge < -0.3 is 28.8 Å². The maximum absolute atomic E-state index is 13.1. The van der Waals surface area contributed by atoms with Crippen LogP contribution in [0.4, 0.5) is 0 Å². The van der Waals surface area contributed by atoms with Crippen LogP contribution in [0.15, 0.2) is 42.3 Å². The molecule has 1 N–H and O–H groups in total. The predicted molar refractivity (Wildman–Crippen MR) is 118 cm³/mol. The van der Waals surface area contributed by atoms with E-state index in [1.807, 2.05) is 24.4 Å². The van der Waals surface area contributed by atoms with Gasteiger partial charge in [-0.2, -0.15) is 0 Å². The van der Waals surface area contributed by atoms with E-state index < -0.39 is 0 Å². The summed E-state index contributed by atoms with van der Waals surface area (Å²) < 4.78 is 19.0. The third-order valence-corrected chi connectivity index (χ3v) is 6.27. The Morgan fingerprint density at radius 3 is 2.78 bits per heavy atom. The Morgan fingerprint density at radius 2 is 2.03 bits per heavy atom. The number of allylic oxidation sites excluding steroid dienone is 1. The summed E-state index contributed by atoms with van der Waals surface area (Å²) in [6.07, 6.45) is 3.78. The summed E-state index contributed by atoms with van der Waals surface area (Å²) in [6, 6.07) is 8.96. The van der Waals surface area contributed by atoms with Gasteiger partial charge in [0.05, 0.1) is 25.9 Å². The molecule has 0 unspecified atom stereocenters. The number of ketones is 1. The standard InChI is InChI=1S/C25H26N2O5/c1-3-27-14-16(19-13-17(30-2)4-6-21(19)27)12-23-24(29)18-5-7-22(28)20(25(18)32-23)15-26-8-10-31-11-9-26/h4-7,12-14,28H,3,8-11,15H2,1-2H3. The topological polar surface area (TPSA) is 77.2 Å². The first-order chi connectivity index (χ1) is 15.6. The number of quaternary nitrogens is 1. The van der Waals surface area contributed by atoms with Gasteiger partial charge in [0.1, 0.15) is 31.1 Å². The maximum Gasteiger partial charge on any atom is 0.231 e. The van der Waals surface area contributed by atoms with Gasteiger partial charge in [0.25, 0.3) is 0 Å².